The van der Waals surface area contributed by atoms with Crippen molar-refractivity contribution in [2.75, 3.05) is 11.9 Å². The largest absolute Gasteiger partial charge is 0.478 e. The Bertz CT molecular complexity index is 924. The van der Waals surface area contributed by atoms with Crippen LogP contribution >= 0.6 is 11.3 Å². The Hall–Kier alpha value is -2.55. The van der Waals surface area contributed by atoms with Gasteiger partial charge in [-0.3, -0.25) is 0 Å². The zero-order valence-electron chi connectivity index (χ0n) is 15.6. The number of hydrogen-bond acceptors (Lipinski definition) is 9. The summed E-state index contributed by atoms with van der Waals surface area (Å²) in [5.41, 5.74) is 1.06. The molecule has 0 radical (unpaired) electrons. The third kappa shape index (κ3) is 4.60. The molecular formula is C18H22N6O2S. The van der Waals surface area contributed by atoms with E-state index in [1.807, 2.05) is 26.8 Å². The van der Waals surface area contributed by atoms with Crippen LogP contribution in [0, 0.1) is 26.7 Å². The Labute approximate surface area is 161 Å². The van der Waals surface area contributed by atoms with Crippen LogP contribution < -0.4 is 10.1 Å². The van der Waals surface area contributed by atoms with Gasteiger partial charge in [-0.05, 0) is 32.6 Å². The quantitative estimate of drug-likeness (QED) is 0.629. The predicted molar refractivity (Wildman–Crippen MR) is 101 cm³/mol. The first-order chi connectivity index (χ1) is 13.1. The van der Waals surface area contributed by atoms with Gasteiger partial charge in [-0.25, -0.2) is 9.97 Å². The normalized spacial score (nSPS) is 18.5. The summed E-state index contributed by atoms with van der Waals surface area (Å²) >= 11 is 1.57. The van der Waals surface area contributed by atoms with Gasteiger partial charge in [0.05, 0.1) is 18.8 Å². The molecule has 8 nitrogen and oxygen atoms in total. The molecule has 2 atom stereocenters. The molecule has 0 bridgehead atoms. The lowest BCUT2D eigenvalue weighted by Gasteiger charge is -2.09. The smallest absolute Gasteiger partial charge is 0.218 e. The summed E-state index contributed by atoms with van der Waals surface area (Å²) < 4.78 is 11.2. The van der Waals surface area contributed by atoms with Crippen LogP contribution in [-0.2, 0) is 6.54 Å². The number of nitrogens with one attached hydrogen (secondary N) is 1. The van der Waals surface area contributed by atoms with Crippen molar-refractivity contribution in [3.63, 3.8) is 0 Å². The van der Waals surface area contributed by atoms with E-state index in [4.69, 9.17) is 9.15 Å². The van der Waals surface area contributed by atoms with E-state index in [0.29, 0.717) is 36.7 Å². The van der Waals surface area contributed by atoms with Crippen molar-refractivity contribution in [3.05, 3.63) is 39.8 Å². The molecule has 3 aromatic heterocycles. The highest BCUT2D eigenvalue weighted by Crippen LogP contribution is 2.49. The van der Waals surface area contributed by atoms with E-state index in [-0.39, 0.29) is 0 Å². The molecule has 0 aliphatic heterocycles. The van der Waals surface area contributed by atoms with Crippen LogP contribution in [0.5, 0.6) is 5.88 Å². The molecule has 1 saturated carbocycles. The first-order valence-corrected chi connectivity index (χ1v) is 9.82. The maximum absolute atomic E-state index is 5.86. The minimum absolute atomic E-state index is 0.505. The van der Waals surface area contributed by atoms with Crippen molar-refractivity contribution in [3.8, 4) is 5.88 Å². The molecule has 1 aliphatic rings. The monoisotopic (exact) mass is 386 g/mol. The average Bonchev–Trinajstić information content (AvgIpc) is 3.05. The first-order valence-electron chi connectivity index (χ1n) is 9.00. The van der Waals surface area contributed by atoms with Gasteiger partial charge in [0.15, 0.2) is 5.89 Å². The number of rotatable bonds is 8. The van der Waals surface area contributed by atoms with Gasteiger partial charge in [0, 0.05) is 18.9 Å². The van der Waals surface area contributed by atoms with Crippen LogP contribution in [0.4, 0.5) is 5.82 Å². The summed E-state index contributed by atoms with van der Waals surface area (Å²) in [4.78, 5) is 13.2. The second-order valence-corrected chi connectivity index (χ2v) is 8.00. The van der Waals surface area contributed by atoms with E-state index in [2.05, 4.69) is 30.5 Å². The van der Waals surface area contributed by atoms with Crippen molar-refractivity contribution in [1.29, 1.82) is 0 Å². The first kappa shape index (κ1) is 17.8. The fourth-order valence-electron chi connectivity index (χ4n) is 3.07. The third-order valence-corrected chi connectivity index (χ3v) is 5.32. The lowest BCUT2D eigenvalue weighted by atomic mass is 10.2. The Morgan fingerprint density at radius 2 is 2.11 bits per heavy atom. The van der Waals surface area contributed by atoms with Crippen molar-refractivity contribution < 1.29 is 9.15 Å². The molecular weight excluding hydrogens is 364 g/mol. The number of oxazole rings is 1. The highest BCUT2D eigenvalue weighted by molar-refractivity contribution is 7.11. The highest BCUT2D eigenvalue weighted by atomic mass is 32.1. The van der Waals surface area contributed by atoms with Crippen LogP contribution in [0.2, 0.25) is 0 Å². The van der Waals surface area contributed by atoms with E-state index in [1.165, 1.54) is 0 Å². The fraction of sp³-hybridized carbons (Fsp3) is 0.500. The van der Waals surface area contributed by atoms with E-state index in [1.54, 1.807) is 17.6 Å². The summed E-state index contributed by atoms with van der Waals surface area (Å²) in [5.74, 6) is 3.83. The zero-order chi connectivity index (χ0) is 18.8. The van der Waals surface area contributed by atoms with Crippen molar-refractivity contribution in [1.82, 2.24) is 25.1 Å². The predicted octanol–water partition coefficient (Wildman–Crippen LogP) is 3.43. The molecule has 27 heavy (non-hydrogen) atoms. The minimum atomic E-state index is 0.505. The molecule has 3 aromatic rings. The van der Waals surface area contributed by atoms with Crippen molar-refractivity contribution in [2.24, 2.45) is 5.92 Å². The summed E-state index contributed by atoms with van der Waals surface area (Å²) in [6.45, 7) is 6.89. The van der Waals surface area contributed by atoms with Crippen molar-refractivity contribution in [2.45, 2.75) is 46.1 Å². The van der Waals surface area contributed by atoms with Gasteiger partial charge in [-0.2, -0.15) is 4.98 Å². The summed E-state index contributed by atoms with van der Waals surface area (Å²) in [5, 5.41) is 13.3. The van der Waals surface area contributed by atoms with E-state index in [9.17, 15) is 0 Å². The zero-order valence-corrected chi connectivity index (χ0v) is 16.4. The average molecular weight is 386 g/mol. The lowest BCUT2D eigenvalue weighted by Crippen LogP contribution is -2.06. The minimum Gasteiger partial charge on any atom is -0.478 e. The summed E-state index contributed by atoms with van der Waals surface area (Å²) in [6, 6.07) is 1.83. The maximum Gasteiger partial charge on any atom is 0.218 e. The van der Waals surface area contributed by atoms with Gasteiger partial charge < -0.3 is 14.5 Å². The van der Waals surface area contributed by atoms with Crippen LogP contribution in [0.1, 0.15) is 46.2 Å². The van der Waals surface area contributed by atoms with Gasteiger partial charge in [0.25, 0.3) is 0 Å². The molecule has 1 N–H and O–H groups in total. The van der Waals surface area contributed by atoms with Crippen LogP contribution in [0.15, 0.2) is 16.7 Å². The standard InChI is InChI=1S/C18H22N6O2S/c1-10-20-16(19-8-18-24-23-12(3)27-18)7-17(21-10)25-5-4-13-6-14(13)15-9-26-11(2)22-15/h7,9,13-14H,4-6,8H2,1-3H3,(H,19,20,21)/t13-,14-/m0/s1. The number of anilines is 1. The number of hydrogen-bond donors (Lipinski definition) is 1. The highest BCUT2D eigenvalue weighted by Gasteiger charge is 2.39. The Morgan fingerprint density at radius 3 is 2.85 bits per heavy atom. The molecule has 9 heteroatoms. The Balaban J connectivity index is 1.27. The van der Waals surface area contributed by atoms with Crippen LogP contribution in [0.25, 0.3) is 0 Å². The van der Waals surface area contributed by atoms with Gasteiger partial charge >= 0.3 is 0 Å². The molecule has 0 aromatic carbocycles. The molecule has 0 saturated heterocycles. The lowest BCUT2D eigenvalue weighted by molar-refractivity contribution is 0.289. The number of nitrogens with zero attached hydrogens (tertiary/aromatic N) is 5. The number of aryl methyl sites for hydroxylation is 3. The second-order valence-electron chi connectivity index (χ2n) is 6.74. The van der Waals surface area contributed by atoms with Crippen LogP contribution in [-0.4, -0.2) is 31.8 Å². The summed E-state index contributed by atoms with van der Waals surface area (Å²) in [7, 11) is 0. The molecule has 0 spiro atoms. The molecule has 4 rings (SSSR count). The van der Waals surface area contributed by atoms with E-state index < -0.39 is 0 Å². The summed E-state index contributed by atoms with van der Waals surface area (Å²) in [6.07, 6.45) is 3.89. The second kappa shape index (κ2) is 7.59. The van der Waals surface area contributed by atoms with Gasteiger partial charge in [0.1, 0.15) is 27.9 Å². The molecule has 1 aliphatic carbocycles. The molecule has 3 heterocycles. The topological polar surface area (TPSA) is 98.9 Å². The third-order valence-electron chi connectivity index (χ3n) is 4.48. The van der Waals surface area contributed by atoms with E-state index in [0.717, 1.165) is 40.3 Å². The van der Waals surface area contributed by atoms with Gasteiger partial charge in [-0.1, -0.05) is 11.3 Å². The Morgan fingerprint density at radius 1 is 1.22 bits per heavy atom. The Kier molecular flexibility index (Phi) is 5.02. The van der Waals surface area contributed by atoms with Gasteiger partial charge in [-0.15, -0.1) is 10.2 Å². The van der Waals surface area contributed by atoms with Crippen molar-refractivity contribution >= 4 is 17.2 Å². The van der Waals surface area contributed by atoms with Gasteiger partial charge in [0.2, 0.25) is 5.88 Å². The number of ether oxygens (including phenoxy) is 1. The molecule has 0 amide bonds. The fourth-order valence-corrected chi connectivity index (χ4v) is 3.72. The SMILES string of the molecule is Cc1nc(NCc2nnc(C)s2)cc(OCC[C@H]2C[C@@H]2c2coc(C)n2)n1. The van der Waals surface area contributed by atoms with E-state index >= 15 is 0 Å². The van der Waals surface area contributed by atoms with Crippen LogP contribution in [0.3, 0.4) is 0 Å². The maximum atomic E-state index is 5.86. The molecule has 142 valence electrons. The molecule has 1 fully saturated rings. The number of aromatic nitrogens is 5. The molecule has 0 unspecified atom stereocenters.